The van der Waals surface area contributed by atoms with Crippen LogP contribution >= 0.6 is 0 Å². The van der Waals surface area contributed by atoms with E-state index in [-0.39, 0.29) is 29.7 Å². The van der Waals surface area contributed by atoms with Crippen LogP contribution in [0.4, 0.5) is 0 Å². The fraction of sp³-hybridized carbons (Fsp3) is 0.571. The zero-order valence-electron chi connectivity index (χ0n) is 16.3. The van der Waals surface area contributed by atoms with E-state index in [0.29, 0.717) is 31.1 Å². The lowest BCUT2D eigenvalue weighted by Gasteiger charge is -2.32. The highest BCUT2D eigenvalue weighted by Crippen LogP contribution is 2.30. The molecule has 2 bridgehead atoms. The smallest absolute Gasteiger partial charge is 0.255 e. The van der Waals surface area contributed by atoms with Gasteiger partial charge < -0.3 is 20.3 Å². The van der Waals surface area contributed by atoms with Gasteiger partial charge in [0.15, 0.2) is 0 Å². The van der Waals surface area contributed by atoms with E-state index in [1.807, 2.05) is 18.2 Å². The van der Waals surface area contributed by atoms with Crippen LogP contribution in [0, 0.1) is 0 Å². The van der Waals surface area contributed by atoms with Gasteiger partial charge in [-0.15, -0.1) is 0 Å². The summed E-state index contributed by atoms with van der Waals surface area (Å²) in [5, 5.41) is 9.38. The van der Waals surface area contributed by atoms with Gasteiger partial charge in [0.1, 0.15) is 6.04 Å². The third kappa shape index (κ3) is 3.45. The number of ether oxygens (including phenoxy) is 1. The van der Waals surface area contributed by atoms with E-state index in [1.165, 1.54) is 0 Å². The molecule has 4 aliphatic heterocycles. The van der Waals surface area contributed by atoms with E-state index >= 15 is 0 Å². The second-order valence-corrected chi connectivity index (χ2v) is 8.60. The van der Waals surface area contributed by atoms with Crippen molar-refractivity contribution in [2.75, 3.05) is 19.7 Å². The van der Waals surface area contributed by atoms with Crippen molar-refractivity contribution in [3.05, 3.63) is 34.9 Å². The van der Waals surface area contributed by atoms with E-state index in [4.69, 9.17) is 4.74 Å². The van der Waals surface area contributed by atoms with E-state index in [2.05, 4.69) is 16.0 Å². The van der Waals surface area contributed by atoms with E-state index < -0.39 is 6.04 Å². The van der Waals surface area contributed by atoms with Gasteiger partial charge in [0, 0.05) is 50.8 Å². The second-order valence-electron chi connectivity index (χ2n) is 8.60. The van der Waals surface area contributed by atoms with Crippen molar-refractivity contribution >= 4 is 17.7 Å². The third-order valence-corrected chi connectivity index (χ3v) is 6.57. The Kier molecular flexibility index (Phi) is 4.64. The molecular weight excluding hydrogens is 372 g/mol. The number of carbonyl (C=O) groups excluding carboxylic acids is 3. The molecule has 4 aliphatic rings. The fourth-order valence-corrected chi connectivity index (χ4v) is 5.01. The van der Waals surface area contributed by atoms with Gasteiger partial charge in [-0.25, -0.2) is 0 Å². The molecule has 0 aromatic heterocycles. The average molecular weight is 398 g/mol. The topological polar surface area (TPSA) is 99.8 Å². The molecule has 8 heteroatoms. The van der Waals surface area contributed by atoms with Crippen molar-refractivity contribution in [3.8, 4) is 0 Å². The van der Waals surface area contributed by atoms with Gasteiger partial charge in [0.25, 0.3) is 5.91 Å². The molecule has 0 saturated carbocycles. The number of hydrogen-bond acceptors (Lipinski definition) is 6. The highest BCUT2D eigenvalue weighted by molar-refractivity contribution is 6.05. The largest absolute Gasteiger partial charge is 0.372 e. The number of carbonyl (C=O) groups is 3. The Bertz CT molecular complexity index is 868. The molecule has 1 aromatic carbocycles. The normalized spacial score (nSPS) is 31.2. The Labute approximate surface area is 169 Å². The molecule has 4 heterocycles. The lowest BCUT2D eigenvalue weighted by atomic mass is 9.95. The number of nitrogens with one attached hydrogen (secondary N) is 3. The summed E-state index contributed by atoms with van der Waals surface area (Å²) in [4.78, 5) is 37.9. The van der Waals surface area contributed by atoms with Crippen molar-refractivity contribution < 1.29 is 19.1 Å². The highest BCUT2D eigenvalue weighted by Gasteiger charge is 2.43. The Morgan fingerprint density at radius 3 is 3.00 bits per heavy atom. The first kappa shape index (κ1) is 18.7. The number of nitrogens with zero attached hydrogens (tertiary/aromatic N) is 1. The molecule has 3 saturated heterocycles. The number of fused-ring (bicyclic) bond motifs is 3. The number of piperidine rings is 1. The Balaban J connectivity index is 1.22. The molecular formula is C21H26N4O4. The molecule has 3 amide bonds. The Morgan fingerprint density at radius 1 is 1.24 bits per heavy atom. The quantitative estimate of drug-likeness (QED) is 0.607. The first-order valence-electron chi connectivity index (χ1n) is 10.4. The average Bonchev–Trinajstić information content (AvgIpc) is 3.18. The van der Waals surface area contributed by atoms with Crippen LogP contribution < -0.4 is 16.0 Å². The predicted molar refractivity (Wildman–Crippen MR) is 104 cm³/mol. The number of amides is 3. The lowest BCUT2D eigenvalue weighted by Crippen LogP contribution is -2.52. The maximum Gasteiger partial charge on any atom is 0.255 e. The molecule has 29 heavy (non-hydrogen) atoms. The fourth-order valence-electron chi connectivity index (χ4n) is 5.01. The van der Waals surface area contributed by atoms with E-state index in [9.17, 15) is 14.4 Å². The maximum absolute atomic E-state index is 12.8. The molecule has 0 radical (unpaired) electrons. The van der Waals surface area contributed by atoms with Crippen LogP contribution in [0.25, 0.3) is 0 Å². The van der Waals surface area contributed by atoms with Crippen molar-refractivity contribution in [2.45, 2.75) is 56.5 Å². The minimum atomic E-state index is -0.570. The number of rotatable bonds is 5. The molecule has 3 unspecified atom stereocenters. The Hall–Kier alpha value is -2.29. The van der Waals surface area contributed by atoms with Crippen LogP contribution in [0.15, 0.2) is 18.2 Å². The van der Waals surface area contributed by atoms with Crippen LogP contribution in [0.2, 0.25) is 0 Å². The monoisotopic (exact) mass is 398 g/mol. The summed E-state index contributed by atoms with van der Waals surface area (Å²) >= 11 is 0. The summed E-state index contributed by atoms with van der Waals surface area (Å²) in [5.74, 6) is -0.778. The molecule has 154 valence electrons. The SMILES string of the molecule is O=C1CCC(N2Cc3cc(CNCC45CNC(CCO4)C5)ccc3C2=O)C(=O)N1. The molecule has 5 rings (SSSR count). The lowest BCUT2D eigenvalue weighted by molar-refractivity contribution is -0.136. The van der Waals surface area contributed by atoms with Gasteiger partial charge in [-0.3, -0.25) is 19.7 Å². The van der Waals surface area contributed by atoms with Crippen LogP contribution in [-0.4, -0.2) is 60.0 Å². The summed E-state index contributed by atoms with van der Waals surface area (Å²) < 4.78 is 6.04. The molecule has 3 atom stereocenters. The van der Waals surface area contributed by atoms with Crippen LogP contribution in [0.1, 0.15) is 47.2 Å². The Morgan fingerprint density at radius 2 is 2.14 bits per heavy atom. The number of hydrogen-bond donors (Lipinski definition) is 3. The second kappa shape index (κ2) is 7.19. The summed E-state index contributed by atoms with van der Waals surface area (Å²) in [6.07, 6.45) is 2.80. The van der Waals surface area contributed by atoms with Crippen LogP contribution in [0.3, 0.4) is 0 Å². The van der Waals surface area contributed by atoms with Gasteiger partial charge in [0.05, 0.1) is 5.60 Å². The summed E-state index contributed by atoms with van der Waals surface area (Å²) in [6, 6.07) is 5.87. The van der Waals surface area contributed by atoms with Crippen molar-refractivity contribution in [3.63, 3.8) is 0 Å². The first-order valence-corrected chi connectivity index (χ1v) is 10.4. The number of imide groups is 1. The molecule has 1 aromatic rings. The van der Waals surface area contributed by atoms with Crippen LogP contribution in [-0.2, 0) is 27.4 Å². The molecule has 3 N–H and O–H groups in total. The maximum atomic E-state index is 12.8. The van der Waals surface area contributed by atoms with Gasteiger partial charge in [0.2, 0.25) is 11.8 Å². The molecule has 0 aliphatic carbocycles. The zero-order chi connectivity index (χ0) is 20.0. The van der Waals surface area contributed by atoms with Gasteiger partial charge in [-0.2, -0.15) is 0 Å². The standard InChI is InChI=1S/C21H26N4O4/c26-18-4-3-17(19(27)24-18)25-10-14-7-13(1-2-16(14)20(25)28)9-22-11-21-8-15(23-12-21)5-6-29-21/h1-2,7,15,17,22-23H,3-6,8-12H2,(H,24,26,27). The third-order valence-electron chi connectivity index (χ3n) is 6.57. The summed E-state index contributed by atoms with van der Waals surface area (Å²) in [7, 11) is 0. The molecule has 8 nitrogen and oxygen atoms in total. The van der Waals surface area contributed by atoms with Crippen LogP contribution in [0.5, 0.6) is 0 Å². The summed E-state index contributed by atoms with van der Waals surface area (Å²) in [6.45, 7) is 3.62. The highest BCUT2D eigenvalue weighted by atomic mass is 16.5. The summed E-state index contributed by atoms with van der Waals surface area (Å²) in [5.41, 5.74) is 2.60. The van der Waals surface area contributed by atoms with Crippen molar-refractivity contribution in [1.29, 1.82) is 0 Å². The van der Waals surface area contributed by atoms with Gasteiger partial charge in [-0.1, -0.05) is 12.1 Å². The van der Waals surface area contributed by atoms with Gasteiger partial charge in [-0.05, 0) is 36.5 Å². The minimum absolute atomic E-state index is 0.0990. The molecule has 0 spiro atoms. The van der Waals surface area contributed by atoms with E-state index in [0.717, 1.165) is 43.7 Å². The van der Waals surface area contributed by atoms with Crippen molar-refractivity contribution in [2.24, 2.45) is 0 Å². The van der Waals surface area contributed by atoms with E-state index in [1.54, 1.807) is 4.90 Å². The molecule has 3 fully saturated rings. The van der Waals surface area contributed by atoms with Gasteiger partial charge >= 0.3 is 0 Å². The minimum Gasteiger partial charge on any atom is -0.372 e. The number of benzene rings is 1. The zero-order valence-corrected chi connectivity index (χ0v) is 16.3. The first-order chi connectivity index (χ1) is 14.0. The predicted octanol–water partition coefficient (Wildman–Crippen LogP) is 0.0582. The van der Waals surface area contributed by atoms with Crippen molar-refractivity contribution in [1.82, 2.24) is 20.9 Å².